The number of nitrogen functional groups attached to an aromatic ring is 1. The van der Waals surface area contributed by atoms with Crippen LogP contribution in [0.2, 0.25) is 0 Å². The molecule has 4 bridgehead atoms. The van der Waals surface area contributed by atoms with Gasteiger partial charge in [-0.15, -0.1) is 0 Å². The monoisotopic (exact) mass is 459 g/mol. The lowest BCUT2D eigenvalue weighted by Gasteiger charge is -2.57. The summed E-state index contributed by atoms with van der Waals surface area (Å²) in [5, 5.41) is 7.66. The number of nitrogens with zero attached hydrogens (tertiary/aromatic N) is 1. The highest BCUT2D eigenvalue weighted by Gasteiger charge is 2.50. The molecule has 4 aliphatic carbocycles. The van der Waals surface area contributed by atoms with E-state index < -0.39 is 5.97 Å². The van der Waals surface area contributed by atoms with E-state index in [1.165, 1.54) is 43.4 Å². The van der Waals surface area contributed by atoms with Gasteiger partial charge in [-0.3, -0.25) is 19.9 Å². The number of hydrogen-bond donors (Lipinski definition) is 2. The van der Waals surface area contributed by atoms with Crippen molar-refractivity contribution in [2.45, 2.75) is 44.9 Å². The second-order valence-corrected chi connectivity index (χ2v) is 10.6. The van der Waals surface area contributed by atoms with Gasteiger partial charge < -0.3 is 10.5 Å². The van der Waals surface area contributed by atoms with E-state index in [0.717, 1.165) is 24.2 Å². The van der Waals surface area contributed by atoms with Crippen molar-refractivity contribution in [3.05, 3.63) is 65.7 Å². The zero-order valence-electron chi connectivity index (χ0n) is 19.5. The Morgan fingerprint density at radius 1 is 0.941 bits per heavy atom. The van der Waals surface area contributed by atoms with E-state index in [2.05, 4.69) is 0 Å². The molecule has 34 heavy (non-hydrogen) atoms. The average molecular weight is 460 g/mol. The number of hydrogen-bond acceptors (Lipinski definition) is 4. The van der Waals surface area contributed by atoms with Crippen LogP contribution >= 0.6 is 0 Å². The maximum Gasteiger partial charge on any atom is 0.326 e. The number of carbonyl (C=O) groups is 2. The average Bonchev–Trinajstić information content (AvgIpc) is 2.82. The fourth-order valence-corrected chi connectivity index (χ4v) is 7.02. The van der Waals surface area contributed by atoms with Crippen LogP contribution < -0.4 is 10.6 Å². The second kappa shape index (κ2) is 9.24. The molecule has 0 unspecified atom stereocenters. The lowest BCUT2D eigenvalue weighted by Crippen LogP contribution is -2.46. The summed E-state index contributed by atoms with van der Waals surface area (Å²) in [6, 6.07) is 15.8. The zero-order valence-corrected chi connectivity index (χ0v) is 19.5. The number of nitrogens with one attached hydrogen (secondary N) is 1. The number of esters is 1. The van der Waals surface area contributed by atoms with Gasteiger partial charge in [0, 0.05) is 16.8 Å². The first kappa shape index (κ1) is 22.6. The fourth-order valence-electron chi connectivity index (χ4n) is 7.02. The number of rotatable bonds is 8. The zero-order chi connectivity index (χ0) is 23.7. The van der Waals surface area contributed by atoms with Crippen molar-refractivity contribution in [3.63, 3.8) is 0 Å². The van der Waals surface area contributed by atoms with Gasteiger partial charge in [-0.2, -0.15) is 0 Å². The molecule has 4 aliphatic rings. The van der Waals surface area contributed by atoms with Gasteiger partial charge in [0.25, 0.3) is 5.91 Å². The first-order chi connectivity index (χ1) is 16.4. The van der Waals surface area contributed by atoms with Crippen LogP contribution in [0.4, 0.5) is 5.69 Å². The standard InChI is InChI=1S/C28H33N3O3/c29-26(30)22-5-4-6-23(14-22)27(33)31(24-7-2-1-3-8-24)18-25(32)34-10-9-28-15-19-11-20(16-28)13-21(12-19)17-28/h1-8,14,19-21H,9-13,15-18H2,(H3,29,30). The van der Waals surface area contributed by atoms with Crippen LogP contribution in [0.3, 0.4) is 0 Å². The number of ether oxygens (including phenoxy) is 1. The normalized spacial score (nSPS) is 26.8. The van der Waals surface area contributed by atoms with Crippen LogP contribution in [0.15, 0.2) is 54.6 Å². The van der Waals surface area contributed by atoms with Crippen molar-refractivity contribution >= 4 is 23.4 Å². The van der Waals surface area contributed by atoms with Crippen LogP contribution in [0.5, 0.6) is 0 Å². The maximum atomic E-state index is 13.4. The molecule has 0 aliphatic heterocycles. The molecule has 178 valence electrons. The quantitative estimate of drug-likeness (QED) is 0.338. The third-order valence-corrected chi connectivity index (χ3v) is 8.08. The number of benzene rings is 2. The van der Waals surface area contributed by atoms with Gasteiger partial charge in [-0.05, 0) is 92.4 Å². The highest BCUT2D eigenvalue weighted by Crippen LogP contribution is 2.61. The molecule has 0 saturated heterocycles. The van der Waals surface area contributed by atoms with Crippen LogP contribution in [0.1, 0.15) is 60.9 Å². The van der Waals surface area contributed by atoms with E-state index in [0.29, 0.717) is 28.8 Å². The Kier molecular flexibility index (Phi) is 6.15. The predicted octanol–water partition coefficient (Wildman–Crippen LogP) is 4.77. The van der Waals surface area contributed by atoms with Gasteiger partial charge >= 0.3 is 5.97 Å². The molecule has 0 spiro atoms. The maximum absolute atomic E-state index is 13.4. The molecule has 6 heteroatoms. The molecule has 2 aromatic rings. The second-order valence-electron chi connectivity index (χ2n) is 10.6. The first-order valence-electron chi connectivity index (χ1n) is 12.4. The molecule has 0 heterocycles. The van der Waals surface area contributed by atoms with Crippen LogP contribution in [-0.2, 0) is 9.53 Å². The number of anilines is 1. The molecule has 1 amide bonds. The number of amides is 1. The molecular weight excluding hydrogens is 426 g/mol. The summed E-state index contributed by atoms with van der Waals surface area (Å²) in [6.07, 6.45) is 9.00. The Morgan fingerprint density at radius 2 is 1.56 bits per heavy atom. The summed E-state index contributed by atoms with van der Waals surface area (Å²) in [7, 11) is 0. The minimum absolute atomic E-state index is 0.106. The predicted molar refractivity (Wildman–Crippen MR) is 132 cm³/mol. The van der Waals surface area contributed by atoms with Crippen molar-refractivity contribution < 1.29 is 14.3 Å². The minimum atomic E-state index is -0.398. The van der Waals surface area contributed by atoms with Crippen LogP contribution in [-0.4, -0.2) is 30.9 Å². The lowest BCUT2D eigenvalue weighted by molar-refractivity contribution is -0.144. The van der Waals surface area contributed by atoms with Crippen molar-refractivity contribution in [1.29, 1.82) is 5.41 Å². The third kappa shape index (κ3) is 4.72. The molecule has 0 aromatic heterocycles. The summed E-state index contributed by atoms with van der Waals surface area (Å²) in [5.41, 5.74) is 7.42. The molecule has 2 aromatic carbocycles. The SMILES string of the molecule is N=C(N)c1cccc(C(=O)N(CC(=O)OCCC23CC4CC(CC(C4)C2)C3)c2ccccc2)c1. The van der Waals surface area contributed by atoms with E-state index in [-0.39, 0.29) is 18.3 Å². The smallest absolute Gasteiger partial charge is 0.326 e. The van der Waals surface area contributed by atoms with Crippen LogP contribution in [0.25, 0.3) is 0 Å². The van der Waals surface area contributed by atoms with Crippen LogP contribution in [0, 0.1) is 28.6 Å². The number of para-hydroxylation sites is 1. The molecule has 4 fully saturated rings. The molecule has 0 radical (unpaired) electrons. The number of carbonyl (C=O) groups excluding carboxylic acids is 2. The topological polar surface area (TPSA) is 96.5 Å². The molecule has 4 saturated carbocycles. The van der Waals surface area contributed by atoms with E-state index in [4.69, 9.17) is 15.9 Å². The van der Waals surface area contributed by atoms with Gasteiger partial charge in [0.1, 0.15) is 12.4 Å². The summed E-state index contributed by atoms with van der Waals surface area (Å²) in [4.78, 5) is 27.7. The lowest BCUT2D eigenvalue weighted by atomic mass is 9.49. The Hall–Kier alpha value is -3.15. The van der Waals surface area contributed by atoms with Crippen molar-refractivity contribution in [2.24, 2.45) is 28.9 Å². The van der Waals surface area contributed by atoms with Gasteiger partial charge in [0.05, 0.1) is 6.61 Å². The fraction of sp³-hybridized carbons (Fsp3) is 0.464. The Bertz CT molecular complexity index is 1050. The largest absolute Gasteiger partial charge is 0.464 e. The Balaban J connectivity index is 1.25. The van der Waals surface area contributed by atoms with E-state index in [9.17, 15) is 9.59 Å². The molecule has 0 atom stereocenters. The highest BCUT2D eigenvalue weighted by atomic mass is 16.5. The Labute approximate surface area is 201 Å². The number of nitrogens with two attached hydrogens (primary N) is 1. The number of amidine groups is 1. The summed E-state index contributed by atoms with van der Waals surface area (Å²) in [6.45, 7) is 0.260. The molecule has 6 rings (SSSR count). The van der Waals surface area contributed by atoms with Crippen molar-refractivity contribution in [3.8, 4) is 0 Å². The van der Waals surface area contributed by atoms with Gasteiger partial charge in [-0.25, -0.2) is 0 Å². The van der Waals surface area contributed by atoms with E-state index >= 15 is 0 Å². The molecule has 6 nitrogen and oxygen atoms in total. The van der Waals surface area contributed by atoms with Crippen molar-refractivity contribution in [1.82, 2.24) is 0 Å². The highest BCUT2D eigenvalue weighted by molar-refractivity contribution is 6.09. The van der Waals surface area contributed by atoms with Gasteiger partial charge in [0.15, 0.2) is 0 Å². The first-order valence-corrected chi connectivity index (χ1v) is 12.4. The van der Waals surface area contributed by atoms with Gasteiger partial charge in [0.2, 0.25) is 0 Å². The van der Waals surface area contributed by atoms with Crippen molar-refractivity contribution in [2.75, 3.05) is 18.1 Å². The van der Waals surface area contributed by atoms with Gasteiger partial charge in [-0.1, -0.05) is 30.3 Å². The third-order valence-electron chi connectivity index (χ3n) is 8.08. The van der Waals surface area contributed by atoms with E-state index in [1.54, 1.807) is 36.4 Å². The Morgan fingerprint density at radius 3 is 2.18 bits per heavy atom. The van der Waals surface area contributed by atoms with E-state index in [1.807, 2.05) is 18.2 Å². The molecule has 3 N–H and O–H groups in total. The minimum Gasteiger partial charge on any atom is -0.464 e. The summed E-state index contributed by atoms with van der Waals surface area (Å²) < 4.78 is 5.69. The molecular formula is C28H33N3O3. The summed E-state index contributed by atoms with van der Waals surface area (Å²) >= 11 is 0. The summed E-state index contributed by atoms with van der Waals surface area (Å²) in [5.74, 6) is 1.79.